The molecule has 0 aromatic heterocycles. The van der Waals surface area contributed by atoms with E-state index in [1.165, 1.54) is 6.08 Å². The van der Waals surface area contributed by atoms with E-state index in [1.54, 1.807) is 14.0 Å². The van der Waals surface area contributed by atoms with Gasteiger partial charge in [0.1, 0.15) is 11.6 Å². The van der Waals surface area contributed by atoms with Crippen molar-refractivity contribution >= 4 is 23.4 Å². The average molecular weight is 439 g/mol. The Bertz CT molecular complexity index is 933. The van der Waals surface area contributed by atoms with Crippen LogP contribution in [0.1, 0.15) is 12.5 Å². The van der Waals surface area contributed by atoms with E-state index in [9.17, 15) is 9.59 Å². The zero-order valence-corrected chi connectivity index (χ0v) is 18.8. The number of amides is 2. The van der Waals surface area contributed by atoms with Crippen LogP contribution in [0.4, 0.5) is 16.2 Å². The topological polar surface area (TPSA) is 83.1 Å². The maximum absolute atomic E-state index is 12.6. The van der Waals surface area contributed by atoms with E-state index in [0.29, 0.717) is 24.6 Å². The molecule has 8 heteroatoms. The van der Waals surface area contributed by atoms with Crippen LogP contribution >= 0.6 is 0 Å². The van der Waals surface area contributed by atoms with Gasteiger partial charge in [0.15, 0.2) is 0 Å². The van der Waals surface area contributed by atoms with Gasteiger partial charge in [-0.1, -0.05) is 17.7 Å². The summed E-state index contributed by atoms with van der Waals surface area (Å²) in [4.78, 5) is 28.9. The van der Waals surface area contributed by atoms with Gasteiger partial charge in [-0.05, 0) is 50.2 Å². The zero-order chi connectivity index (χ0) is 22.9. The number of piperazine rings is 1. The number of carbonyl (C=O) groups is 2. The Kier molecular flexibility index (Phi) is 7.96. The largest absolute Gasteiger partial charge is 0.497 e. The molecule has 2 amide bonds. The summed E-state index contributed by atoms with van der Waals surface area (Å²) in [5.41, 5.74) is 2.88. The van der Waals surface area contributed by atoms with Crippen molar-refractivity contribution in [2.75, 3.05) is 50.1 Å². The minimum absolute atomic E-state index is 0.267. The normalized spacial score (nSPS) is 14.0. The molecular formula is C24H30N4O4. The smallest absolute Gasteiger partial charge is 0.334 e. The van der Waals surface area contributed by atoms with Gasteiger partial charge in [0.05, 0.1) is 19.8 Å². The molecule has 170 valence electrons. The molecule has 8 nitrogen and oxygen atoms in total. The van der Waals surface area contributed by atoms with Crippen LogP contribution in [-0.2, 0) is 9.53 Å². The fourth-order valence-electron chi connectivity index (χ4n) is 3.42. The van der Waals surface area contributed by atoms with E-state index in [4.69, 9.17) is 9.47 Å². The number of aryl methyl sites for hydroxylation is 1. The van der Waals surface area contributed by atoms with Gasteiger partial charge in [-0.3, -0.25) is 5.32 Å². The second-order valence-electron chi connectivity index (χ2n) is 7.40. The van der Waals surface area contributed by atoms with Crippen molar-refractivity contribution in [2.45, 2.75) is 13.8 Å². The predicted octanol–water partition coefficient (Wildman–Crippen LogP) is 3.35. The maximum Gasteiger partial charge on any atom is 0.334 e. The maximum atomic E-state index is 12.6. The van der Waals surface area contributed by atoms with Crippen molar-refractivity contribution in [3.8, 4) is 5.75 Å². The second-order valence-corrected chi connectivity index (χ2v) is 7.40. The molecule has 2 N–H and O–H groups in total. The number of carbonyl (C=O) groups excluding carboxylic acids is 2. The van der Waals surface area contributed by atoms with Gasteiger partial charge in [-0.2, -0.15) is 0 Å². The molecule has 0 atom stereocenters. The molecule has 2 aromatic rings. The molecule has 0 aliphatic carbocycles. The summed E-state index contributed by atoms with van der Waals surface area (Å²) < 4.78 is 10.3. The lowest BCUT2D eigenvalue weighted by atomic mass is 10.2. The van der Waals surface area contributed by atoms with Crippen LogP contribution in [0.2, 0.25) is 0 Å². The standard InChI is InChI=1S/C24H30N4O4/c1-4-32-23(29)17-22(26-24(30)25-19-7-5-18(2)6-8-19)28-15-13-27(14-16-28)20-9-11-21(31-3)12-10-20/h5-12,17H,4,13-16H2,1-3H3,(H2,25,26,30)/b22-17+. The summed E-state index contributed by atoms with van der Waals surface area (Å²) >= 11 is 0. The molecule has 0 radical (unpaired) electrons. The first-order chi connectivity index (χ1) is 15.5. The highest BCUT2D eigenvalue weighted by Crippen LogP contribution is 2.21. The Morgan fingerprint density at radius 1 is 1.00 bits per heavy atom. The minimum Gasteiger partial charge on any atom is -0.497 e. The first-order valence-electron chi connectivity index (χ1n) is 10.7. The van der Waals surface area contributed by atoms with Crippen LogP contribution in [0.3, 0.4) is 0 Å². The van der Waals surface area contributed by atoms with Gasteiger partial charge in [-0.25, -0.2) is 9.59 Å². The third kappa shape index (κ3) is 6.41. The number of benzene rings is 2. The van der Waals surface area contributed by atoms with Crippen LogP contribution in [0.5, 0.6) is 5.75 Å². The number of ether oxygens (including phenoxy) is 2. The quantitative estimate of drug-likeness (QED) is 0.510. The van der Waals surface area contributed by atoms with Crippen molar-refractivity contribution in [1.29, 1.82) is 0 Å². The Morgan fingerprint density at radius 2 is 1.66 bits per heavy atom. The lowest BCUT2D eigenvalue weighted by Gasteiger charge is -2.38. The van der Waals surface area contributed by atoms with E-state index in [-0.39, 0.29) is 6.61 Å². The van der Waals surface area contributed by atoms with Gasteiger partial charge in [0.2, 0.25) is 0 Å². The third-order valence-electron chi connectivity index (χ3n) is 5.15. The number of esters is 1. The van der Waals surface area contributed by atoms with Crippen molar-refractivity contribution in [3.05, 3.63) is 66.0 Å². The lowest BCUT2D eigenvalue weighted by molar-refractivity contribution is -0.137. The molecule has 0 unspecified atom stereocenters. The van der Waals surface area contributed by atoms with E-state index in [0.717, 1.165) is 30.1 Å². The monoisotopic (exact) mass is 438 g/mol. The summed E-state index contributed by atoms with van der Waals surface area (Å²) in [6, 6.07) is 15.0. The van der Waals surface area contributed by atoms with Crippen LogP contribution < -0.4 is 20.3 Å². The predicted molar refractivity (Wildman–Crippen MR) is 125 cm³/mol. The van der Waals surface area contributed by atoms with Gasteiger partial charge < -0.3 is 24.6 Å². The fraction of sp³-hybridized carbons (Fsp3) is 0.333. The van der Waals surface area contributed by atoms with E-state index >= 15 is 0 Å². The Morgan fingerprint density at radius 3 is 2.25 bits per heavy atom. The fourth-order valence-corrected chi connectivity index (χ4v) is 3.42. The molecule has 1 aliphatic heterocycles. The van der Waals surface area contributed by atoms with Crippen molar-refractivity contribution in [1.82, 2.24) is 10.2 Å². The molecule has 1 fully saturated rings. The molecule has 3 rings (SSSR count). The average Bonchev–Trinajstić information content (AvgIpc) is 2.80. The van der Waals surface area contributed by atoms with Gasteiger partial charge >= 0.3 is 12.0 Å². The summed E-state index contributed by atoms with van der Waals surface area (Å²) in [5.74, 6) is 0.744. The number of methoxy groups -OCH3 is 1. The molecular weight excluding hydrogens is 408 g/mol. The van der Waals surface area contributed by atoms with Crippen molar-refractivity contribution in [2.24, 2.45) is 0 Å². The van der Waals surface area contributed by atoms with Gasteiger partial charge in [0.25, 0.3) is 0 Å². The number of hydrogen-bond donors (Lipinski definition) is 2. The first kappa shape index (κ1) is 23.0. The van der Waals surface area contributed by atoms with Crippen LogP contribution in [0.25, 0.3) is 0 Å². The van der Waals surface area contributed by atoms with Crippen molar-refractivity contribution in [3.63, 3.8) is 0 Å². The van der Waals surface area contributed by atoms with E-state index < -0.39 is 12.0 Å². The number of urea groups is 1. The van der Waals surface area contributed by atoms with Gasteiger partial charge in [-0.15, -0.1) is 0 Å². The Balaban J connectivity index is 1.65. The van der Waals surface area contributed by atoms with Crippen LogP contribution in [0, 0.1) is 6.92 Å². The highest BCUT2D eigenvalue weighted by atomic mass is 16.5. The number of rotatable bonds is 7. The molecule has 1 saturated heterocycles. The molecule has 32 heavy (non-hydrogen) atoms. The highest BCUT2D eigenvalue weighted by molar-refractivity contribution is 5.91. The number of anilines is 2. The zero-order valence-electron chi connectivity index (χ0n) is 18.8. The Labute approximate surface area is 188 Å². The number of nitrogens with zero attached hydrogens (tertiary/aromatic N) is 2. The summed E-state index contributed by atoms with van der Waals surface area (Å²) in [6.45, 7) is 6.77. The van der Waals surface area contributed by atoms with Crippen LogP contribution in [-0.4, -0.2) is 56.8 Å². The molecule has 1 heterocycles. The molecule has 0 spiro atoms. The molecule has 0 saturated carbocycles. The van der Waals surface area contributed by atoms with E-state index in [2.05, 4.69) is 15.5 Å². The SMILES string of the molecule is CCOC(=O)/C=C(\NC(=O)Nc1ccc(C)cc1)N1CCN(c2ccc(OC)cc2)CC1. The lowest BCUT2D eigenvalue weighted by Crippen LogP contribution is -2.49. The Hall–Kier alpha value is -3.68. The minimum atomic E-state index is -0.490. The molecule has 1 aliphatic rings. The van der Waals surface area contributed by atoms with E-state index in [1.807, 2.05) is 60.4 Å². The summed E-state index contributed by atoms with van der Waals surface area (Å²) in [6.07, 6.45) is 1.33. The number of hydrogen-bond acceptors (Lipinski definition) is 6. The first-order valence-corrected chi connectivity index (χ1v) is 10.7. The van der Waals surface area contributed by atoms with Crippen molar-refractivity contribution < 1.29 is 19.1 Å². The second kappa shape index (κ2) is 11.1. The third-order valence-corrected chi connectivity index (χ3v) is 5.15. The molecule has 2 aromatic carbocycles. The highest BCUT2D eigenvalue weighted by Gasteiger charge is 2.21. The number of nitrogens with one attached hydrogen (secondary N) is 2. The summed E-state index contributed by atoms with van der Waals surface area (Å²) in [7, 11) is 1.65. The summed E-state index contributed by atoms with van der Waals surface area (Å²) in [5, 5.41) is 5.61. The van der Waals surface area contributed by atoms with Gasteiger partial charge in [0, 0.05) is 37.6 Å². The van der Waals surface area contributed by atoms with Crippen LogP contribution in [0.15, 0.2) is 60.4 Å². The molecule has 0 bridgehead atoms.